The van der Waals surface area contributed by atoms with E-state index in [1.165, 1.54) is 0 Å². The number of rotatable bonds is 7. The van der Waals surface area contributed by atoms with Gasteiger partial charge in [0.1, 0.15) is 5.75 Å². The molecule has 1 saturated heterocycles. The monoisotopic (exact) mass is 409 g/mol. The second kappa shape index (κ2) is 8.50. The van der Waals surface area contributed by atoms with Crippen LogP contribution in [0.1, 0.15) is 32.3 Å². The number of methoxy groups -OCH3 is 1. The number of benzene rings is 1. The summed E-state index contributed by atoms with van der Waals surface area (Å²) in [6, 6.07) is 12.0. The summed E-state index contributed by atoms with van der Waals surface area (Å²) >= 11 is 0. The van der Waals surface area contributed by atoms with Crippen molar-refractivity contribution in [2.75, 3.05) is 56.2 Å². The minimum atomic E-state index is -0.403. The van der Waals surface area contributed by atoms with Crippen molar-refractivity contribution in [2.45, 2.75) is 32.1 Å². The van der Waals surface area contributed by atoms with Crippen molar-refractivity contribution in [3.63, 3.8) is 0 Å². The Hall–Kier alpha value is -2.83. The summed E-state index contributed by atoms with van der Waals surface area (Å²) in [4.78, 5) is 19.8. The number of hydrogen-bond acceptors (Lipinski definition) is 6. The summed E-state index contributed by atoms with van der Waals surface area (Å²) < 4.78 is 5.53. The largest absolute Gasteiger partial charge is 0.496 e. The van der Waals surface area contributed by atoms with E-state index in [9.17, 15) is 4.79 Å². The SMILES string of the molecule is CCN(CC)c1ccc(N2CCN(C(=O)C3(c4ccccc4OC)CC3)CC2)nn1. The molecule has 1 amide bonds. The van der Waals surface area contributed by atoms with E-state index in [4.69, 9.17) is 4.74 Å². The van der Waals surface area contributed by atoms with E-state index < -0.39 is 5.41 Å². The Labute approximate surface area is 178 Å². The number of nitrogens with zero attached hydrogens (tertiary/aromatic N) is 5. The van der Waals surface area contributed by atoms with Gasteiger partial charge in [-0.15, -0.1) is 10.2 Å². The highest BCUT2D eigenvalue weighted by molar-refractivity contribution is 5.92. The van der Waals surface area contributed by atoms with Gasteiger partial charge in [0.05, 0.1) is 12.5 Å². The molecule has 30 heavy (non-hydrogen) atoms. The van der Waals surface area contributed by atoms with Crippen LogP contribution in [0.3, 0.4) is 0 Å². The van der Waals surface area contributed by atoms with Gasteiger partial charge in [0.15, 0.2) is 11.6 Å². The number of anilines is 2. The van der Waals surface area contributed by atoms with Crippen LogP contribution in [0.5, 0.6) is 5.75 Å². The topological polar surface area (TPSA) is 61.8 Å². The van der Waals surface area contributed by atoms with E-state index in [1.54, 1.807) is 7.11 Å². The van der Waals surface area contributed by atoms with Crippen LogP contribution in [0.2, 0.25) is 0 Å². The molecule has 1 aromatic carbocycles. The van der Waals surface area contributed by atoms with Crippen LogP contribution in [0.25, 0.3) is 0 Å². The molecule has 1 aliphatic carbocycles. The molecule has 2 heterocycles. The van der Waals surface area contributed by atoms with E-state index in [0.717, 1.165) is 62.0 Å². The molecule has 2 aliphatic rings. The maximum Gasteiger partial charge on any atom is 0.233 e. The zero-order valence-electron chi connectivity index (χ0n) is 18.2. The quantitative estimate of drug-likeness (QED) is 0.701. The van der Waals surface area contributed by atoms with Gasteiger partial charge in [-0.05, 0) is 44.9 Å². The maximum atomic E-state index is 13.4. The molecule has 0 spiro atoms. The van der Waals surface area contributed by atoms with E-state index in [1.807, 2.05) is 41.3 Å². The third-order valence-corrected chi connectivity index (χ3v) is 6.40. The van der Waals surface area contributed by atoms with Gasteiger partial charge in [-0.2, -0.15) is 0 Å². The Bertz CT molecular complexity index is 869. The number of carbonyl (C=O) groups is 1. The first-order valence-electron chi connectivity index (χ1n) is 10.9. The fourth-order valence-corrected chi connectivity index (χ4v) is 4.41. The van der Waals surface area contributed by atoms with Crippen LogP contribution in [-0.4, -0.2) is 67.4 Å². The van der Waals surface area contributed by atoms with Gasteiger partial charge >= 0.3 is 0 Å². The minimum absolute atomic E-state index is 0.231. The van der Waals surface area contributed by atoms with Crippen molar-refractivity contribution in [3.8, 4) is 5.75 Å². The van der Waals surface area contributed by atoms with Gasteiger partial charge in [0, 0.05) is 44.8 Å². The predicted octanol–water partition coefficient (Wildman–Crippen LogP) is 2.71. The summed E-state index contributed by atoms with van der Waals surface area (Å²) in [6.07, 6.45) is 1.79. The fourth-order valence-electron chi connectivity index (χ4n) is 4.41. The lowest BCUT2D eigenvalue weighted by atomic mass is 9.93. The van der Waals surface area contributed by atoms with Crippen molar-refractivity contribution in [1.29, 1.82) is 0 Å². The van der Waals surface area contributed by atoms with Crippen LogP contribution >= 0.6 is 0 Å². The third-order valence-electron chi connectivity index (χ3n) is 6.40. The fraction of sp³-hybridized carbons (Fsp3) is 0.522. The number of ether oxygens (including phenoxy) is 1. The molecule has 4 rings (SSSR count). The van der Waals surface area contributed by atoms with E-state index in [0.29, 0.717) is 13.1 Å². The third kappa shape index (κ3) is 3.68. The number of piperazine rings is 1. The second-order valence-corrected chi connectivity index (χ2v) is 7.98. The van der Waals surface area contributed by atoms with Gasteiger partial charge in [0.25, 0.3) is 0 Å². The van der Waals surface area contributed by atoms with Gasteiger partial charge < -0.3 is 19.4 Å². The zero-order chi connectivity index (χ0) is 21.1. The van der Waals surface area contributed by atoms with Crippen molar-refractivity contribution < 1.29 is 9.53 Å². The van der Waals surface area contributed by atoms with Crippen LogP contribution in [0.15, 0.2) is 36.4 Å². The summed E-state index contributed by atoms with van der Waals surface area (Å²) in [6.45, 7) is 9.02. The molecular weight excluding hydrogens is 378 g/mol. The first-order chi connectivity index (χ1) is 14.6. The lowest BCUT2D eigenvalue weighted by Gasteiger charge is -2.37. The normalized spacial score (nSPS) is 17.6. The molecule has 0 N–H and O–H groups in total. The first kappa shape index (κ1) is 20.4. The Morgan fingerprint density at radius 1 is 1.03 bits per heavy atom. The average Bonchev–Trinajstić information content (AvgIpc) is 3.62. The highest BCUT2D eigenvalue weighted by Gasteiger charge is 2.54. The number of aromatic nitrogens is 2. The Balaban J connectivity index is 1.40. The summed E-state index contributed by atoms with van der Waals surface area (Å²) in [5.74, 6) is 2.83. The number of hydrogen-bond donors (Lipinski definition) is 0. The van der Waals surface area contributed by atoms with Gasteiger partial charge in [-0.3, -0.25) is 4.79 Å². The molecular formula is C23H31N5O2. The van der Waals surface area contributed by atoms with Crippen LogP contribution in [-0.2, 0) is 10.2 Å². The summed E-state index contributed by atoms with van der Waals surface area (Å²) in [7, 11) is 1.67. The van der Waals surface area contributed by atoms with Crippen LogP contribution < -0.4 is 14.5 Å². The van der Waals surface area contributed by atoms with Crippen LogP contribution in [0, 0.1) is 0 Å². The smallest absolute Gasteiger partial charge is 0.233 e. The minimum Gasteiger partial charge on any atom is -0.496 e. The van der Waals surface area contributed by atoms with Crippen molar-refractivity contribution in [2.24, 2.45) is 0 Å². The molecule has 2 fully saturated rings. The van der Waals surface area contributed by atoms with Gasteiger partial charge in [0.2, 0.25) is 5.91 Å². The van der Waals surface area contributed by atoms with E-state index in [2.05, 4.69) is 33.8 Å². The average molecular weight is 410 g/mol. The maximum absolute atomic E-state index is 13.4. The highest BCUT2D eigenvalue weighted by atomic mass is 16.5. The first-order valence-corrected chi connectivity index (χ1v) is 10.9. The molecule has 0 unspecified atom stereocenters. The molecule has 160 valence electrons. The molecule has 1 aliphatic heterocycles. The number of amides is 1. The number of carbonyl (C=O) groups excluding carboxylic acids is 1. The van der Waals surface area contributed by atoms with Crippen molar-refractivity contribution >= 4 is 17.5 Å². The summed E-state index contributed by atoms with van der Waals surface area (Å²) in [5.41, 5.74) is 0.623. The highest BCUT2D eigenvalue weighted by Crippen LogP contribution is 2.52. The molecule has 0 radical (unpaired) electrons. The van der Waals surface area contributed by atoms with Crippen molar-refractivity contribution in [3.05, 3.63) is 42.0 Å². The lowest BCUT2D eigenvalue weighted by Crippen LogP contribution is -2.51. The molecule has 7 heteroatoms. The molecule has 1 aromatic heterocycles. The Kier molecular flexibility index (Phi) is 5.79. The van der Waals surface area contributed by atoms with E-state index in [-0.39, 0.29) is 5.91 Å². The predicted molar refractivity (Wildman–Crippen MR) is 118 cm³/mol. The Morgan fingerprint density at radius 3 is 2.30 bits per heavy atom. The molecule has 2 aromatic rings. The van der Waals surface area contributed by atoms with Gasteiger partial charge in [-0.1, -0.05) is 18.2 Å². The molecule has 0 bridgehead atoms. The van der Waals surface area contributed by atoms with Crippen molar-refractivity contribution in [1.82, 2.24) is 15.1 Å². The second-order valence-electron chi connectivity index (χ2n) is 7.98. The lowest BCUT2D eigenvalue weighted by molar-refractivity contribution is -0.134. The molecule has 0 atom stereocenters. The molecule has 7 nitrogen and oxygen atoms in total. The van der Waals surface area contributed by atoms with Crippen LogP contribution in [0.4, 0.5) is 11.6 Å². The summed E-state index contributed by atoms with van der Waals surface area (Å²) in [5, 5.41) is 8.83. The standard InChI is InChI=1S/C23H31N5O2/c1-4-26(5-2)20-10-11-21(25-24-20)27-14-16-28(17-15-27)22(29)23(12-13-23)18-8-6-7-9-19(18)30-3/h6-11H,4-5,12-17H2,1-3H3. The molecule has 1 saturated carbocycles. The number of para-hydroxylation sites is 1. The Morgan fingerprint density at radius 2 is 1.73 bits per heavy atom. The van der Waals surface area contributed by atoms with E-state index >= 15 is 0 Å². The zero-order valence-corrected chi connectivity index (χ0v) is 18.2. The van der Waals surface area contributed by atoms with Gasteiger partial charge in [-0.25, -0.2) is 0 Å².